The van der Waals surface area contributed by atoms with Gasteiger partial charge in [0.1, 0.15) is 6.04 Å². The van der Waals surface area contributed by atoms with E-state index in [-0.39, 0.29) is 22.9 Å². The molecule has 1 fully saturated rings. The summed E-state index contributed by atoms with van der Waals surface area (Å²) in [6.45, 7) is 0.478. The summed E-state index contributed by atoms with van der Waals surface area (Å²) >= 11 is 0.846. The van der Waals surface area contributed by atoms with Crippen molar-refractivity contribution in [2.45, 2.75) is 44.2 Å². The summed E-state index contributed by atoms with van der Waals surface area (Å²) in [5, 5.41) is 18.2. The lowest BCUT2D eigenvalue weighted by molar-refractivity contribution is -0.380. The quantitative estimate of drug-likeness (QED) is 0.621. The van der Waals surface area contributed by atoms with Crippen LogP contribution in [0.1, 0.15) is 52.7 Å². The molecule has 1 N–H and O–H groups in total. The fraction of sp³-hybridized carbons (Fsp3) is 0.500. The van der Waals surface area contributed by atoms with Gasteiger partial charge in [0.05, 0.1) is 22.0 Å². The predicted molar refractivity (Wildman–Crippen MR) is 102 cm³/mol. The molecular formula is C18H21N5O4S. The summed E-state index contributed by atoms with van der Waals surface area (Å²) in [4.78, 5) is 38.0. The van der Waals surface area contributed by atoms with E-state index in [1.807, 2.05) is 17.9 Å². The van der Waals surface area contributed by atoms with Crippen molar-refractivity contribution in [3.8, 4) is 0 Å². The van der Waals surface area contributed by atoms with Crippen LogP contribution in [0.5, 0.6) is 0 Å². The normalized spacial score (nSPS) is 21.4. The maximum Gasteiger partial charge on any atom is 0.324 e. The van der Waals surface area contributed by atoms with Crippen molar-refractivity contribution in [2.75, 3.05) is 6.54 Å². The Hall–Kier alpha value is -2.75. The highest BCUT2D eigenvalue weighted by molar-refractivity contribution is 7.17. The molecule has 0 aromatic carbocycles. The van der Waals surface area contributed by atoms with Gasteiger partial charge in [0, 0.05) is 30.9 Å². The van der Waals surface area contributed by atoms with E-state index < -0.39 is 11.0 Å². The van der Waals surface area contributed by atoms with Crippen LogP contribution < -0.4 is 5.32 Å². The third kappa shape index (κ3) is 3.28. The van der Waals surface area contributed by atoms with Crippen molar-refractivity contribution >= 4 is 28.2 Å². The summed E-state index contributed by atoms with van der Waals surface area (Å²) < 4.78 is 1.85. The number of amides is 2. The Bertz CT molecular complexity index is 936. The predicted octanol–water partition coefficient (Wildman–Crippen LogP) is 2.19. The number of nitro groups is 1. The average Bonchev–Trinajstić information content (AvgIpc) is 3.41. The third-order valence-corrected chi connectivity index (χ3v) is 6.52. The number of hydrogen-bond donors (Lipinski definition) is 1. The highest BCUT2D eigenvalue weighted by Gasteiger charge is 2.37. The van der Waals surface area contributed by atoms with E-state index in [4.69, 9.17) is 0 Å². The van der Waals surface area contributed by atoms with Crippen molar-refractivity contribution in [1.82, 2.24) is 20.0 Å². The first-order valence-electron chi connectivity index (χ1n) is 9.32. The molecule has 0 saturated carbocycles. The zero-order valence-electron chi connectivity index (χ0n) is 15.5. The number of carbonyl (C=O) groups excluding carboxylic acids is 2. The molecular weight excluding hydrogens is 382 g/mol. The topological polar surface area (TPSA) is 110 Å². The summed E-state index contributed by atoms with van der Waals surface area (Å²) in [7, 11) is 1.90. The molecule has 1 aliphatic carbocycles. The SMILES string of the molecule is Cn1ncc2c1CCCC2NC(=O)C1CCCN1C(=O)c1ccc([N+](=O)[O-])s1. The Balaban J connectivity index is 1.48. The lowest BCUT2D eigenvalue weighted by atomic mass is 9.92. The van der Waals surface area contributed by atoms with Gasteiger partial charge < -0.3 is 10.2 Å². The molecule has 0 spiro atoms. The summed E-state index contributed by atoms with van der Waals surface area (Å²) in [5.41, 5.74) is 2.19. The molecule has 0 radical (unpaired) electrons. The van der Waals surface area contributed by atoms with Gasteiger partial charge in [-0.05, 0) is 38.2 Å². The lowest BCUT2D eigenvalue weighted by Gasteiger charge is -2.28. The molecule has 2 atom stereocenters. The number of fused-ring (bicyclic) bond motifs is 1. The zero-order valence-corrected chi connectivity index (χ0v) is 16.3. The number of aromatic nitrogens is 2. The van der Waals surface area contributed by atoms with Crippen LogP contribution in [-0.2, 0) is 18.3 Å². The standard InChI is InChI=1S/C18H21N5O4S/c1-21-13-5-2-4-12(11(13)10-19-21)20-17(24)14-6-3-9-22(14)18(25)15-7-8-16(28-15)23(26)27/h7-8,10,12,14H,2-6,9H2,1H3,(H,20,24). The summed E-state index contributed by atoms with van der Waals surface area (Å²) in [6, 6.07) is 2.15. The number of aryl methyl sites for hydroxylation is 1. The van der Waals surface area contributed by atoms with Crippen molar-refractivity contribution in [3.63, 3.8) is 0 Å². The maximum absolute atomic E-state index is 13.0. The van der Waals surface area contributed by atoms with Gasteiger partial charge in [0.25, 0.3) is 5.91 Å². The van der Waals surface area contributed by atoms with Crippen LogP contribution in [0.25, 0.3) is 0 Å². The van der Waals surface area contributed by atoms with Gasteiger partial charge in [-0.1, -0.05) is 11.3 Å². The Labute approximate surface area is 165 Å². The number of nitrogens with zero attached hydrogens (tertiary/aromatic N) is 4. The van der Waals surface area contributed by atoms with Crippen LogP contribution in [0.15, 0.2) is 18.3 Å². The first-order valence-corrected chi connectivity index (χ1v) is 10.1. The Morgan fingerprint density at radius 1 is 1.32 bits per heavy atom. The van der Waals surface area contributed by atoms with Gasteiger partial charge in [-0.2, -0.15) is 5.10 Å². The van der Waals surface area contributed by atoms with Crippen LogP contribution in [-0.4, -0.2) is 44.0 Å². The fourth-order valence-corrected chi connectivity index (χ4v) is 4.87. The third-order valence-electron chi connectivity index (χ3n) is 5.49. The van der Waals surface area contributed by atoms with Gasteiger partial charge in [-0.25, -0.2) is 0 Å². The molecule has 2 unspecified atom stereocenters. The van der Waals surface area contributed by atoms with Crippen molar-refractivity contribution in [2.24, 2.45) is 7.05 Å². The highest BCUT2D eigenvalue weighted by atomic mass is 32.1. The Morgan fingerprint density at radius 3 is 2.89 bits per heavy atom. The lowest BCUT2D eigenvalue weighted by Crippen LogP contribution is -2.47. The van der Waals surface area contributed by atoms with Crippen molar-refractivity contribution < 1.29 is 14.5 Å². The van der Waals surface area contributed by atoms with Crippen LogP contribution in [0.3, 0.4) is 0 Å². The fourth-order valence-electron chi connectivity index (χ4n) is 4.09. The van der Waals surface area contributed by atoms with Crippen LogP contribution in [0.2, 0.25) is 0 Å². The molecule has 2 aliphatic rings. The molecule has 0 bridgehead atoms. The van der Waals surface area contributed by atoms with Gasteiger partial charge in [-0.3, -0.25) is 24.4 Å². The number of carbonyl (C=O) groups is 2. The van der Waals surface area contributed by atoms with E-state index in [2.05, 4.69) is 10.4 Å². The van der Waals surface area contributed by atoms with E-state index >= 15 is 0 Å². The molecule has 3 heterocycles. The smallest absolute Gasteiger partial charge is 0.324 e. The van der Waals surface area contributed by atoms with Crippen molar-refractivity contribution in [3.05, 3.63) is 44.6 Å². The number of likely N-dealkylation sites (tertiary alicyclic amines) is 1. The van der Waals surface area contributed by atoms with Gasteiger partial charge in [-0.15, -0.1) is 0 Å². The monoisotopic (exact) mass is 403 g/mol. The molecule has 10 heteroatoms. The highest BCUT2D eigenvalue weighted by Crippen LogP contribution is 2.31. The van der Waals surface area contributed by atoms with E-state index in [0.717, 1.165) is 48.3 Å². The first kappa shape index (κ1) is 18.6. The minimum absolute atomic E-state index is 0.0742. The molecule has 9 nitrogen and oxygen atoms in total. The molecule has 2 aromatic rings. The molecule has 1 aliphatic heterocycles. The minimum atomic E-state index is -0.546. The maximum atomic E-state index is 13.0. The van der Waals surface area contributed by atoms with Crippen molar-refractivity contribution in [1.29, 1.82) is 0 Å². The number of hydrogen-bond acceptors (Lipinski definition) is 6. The molecule has 2 aromatic heterocycles. The number of thiophene rings is 1. The van der Waals surface area contributed by atoms with Gasteiger partial charge in [0.2, 0.25) is 5.91 Å². The molecule has 4 rings (SSSR count). The van der Waals surface area contributed by atoms with E-state index in [1.54, 1.807) is 0 Å². The average molecular weight is 403 g/mol. The molecule has 148 valence electrons. The van der Waals surface area contributed by atoms with Crippen LogP contribution in [0, 0.1) is 10.1 Å². The van der Waals surface area contributed by atoms with E-state index in [9.17, 15) is 19.7 Å². The number of nitrogens with one attached hydrogen (secondary N) is 1. The minimum Gasteiger partial charge on any atom is -0.347 e. The van der Waals surface area contributed by atoms with Gasteiger partial charge in [0.15, 0.2) is 0 Å². The number of rotatable bonds is 4. The zero-order chi connectivity index (χ0) is 19.8. The molecule has 2 amide bonds. The second-order valence-electron chi connectivity index (χ2n) is 7.18. The summed E-state index contributed by atoms with van der Waals surface area (Å²) in [6.07, 6.45) is 5.91. The van der Waals surface area contributed by atoms with Crippen LogP contribution in [0.4, 0.5) is 5.00 Å². The van der Waals surface area contributed by atoms with Gasteiger partial charge >= 0.3 is 5.00 Å². The Kier molecular flexibility index (Phi) is 4.88. The largest absolute Gasteiger partial charge is 0.347 e. The van der Waals surface area contributed by atoms with Crippen LogP contribution >= 0.6 is 11.3 Å². The first-order chi connectivity index (χ1) is 13.5. The Morgan fingerprint density at radius 2 is 2.14 bits per heavy atom. The molecule has 1 saturated heterocycles. The molecule has 28 heavy (non-hydrogen) atoms. The summed E-state index contributed by atoms with van der Waals surface area (Å²) in [5.74, 6) is -0.486. The van der Waals surface area contributed by atoms with E-state index in [1.165, 1.54) is 17.0 Å². The second kappa shape index (κ2) is 7.34. The second-order valence-corrected chi connectivity index (χ2v) is 8.24. The van der Waals surface area contributed by atoms with E-state index in [0.29, 0.717) is 17.8 Å².